The lowest BCUT2D eigenvalue weighted by Gasteiger charge is -2.10. The molecule has 0 amide bonds. The van der Waals surface area contributed by atoms with E-state index in [-0.39, 0.29) is 0 Å². The third kappa shape index (κ3) is 5.29. The quantitative estimate of drug-likeness (QED) is 0.632. The molecule has 102 valence electrons. The molecule has 0 radical (unpaired) electrons. The van der Waals surface area contributed by atoms with Gasteiger partial charge in [0.1, 0.15) is 6.61 Å². The Kier molecular flexibility index (Phi) is 5.67. The monoisotopic (exact) mass is 262 g/mol. The van der Waals surface area contributed by atoms with Crippen LogP contribution >= 0.6 is 0 Å². The predicted octanol–water partition coefficient (Wildman–Crippen LogP) is 3.14. The Labute approximate surface area is 113 Å². The summed E-state index contributed by atoms with van der Waals surface area (Å²) in [7, 11) is 1.57. The first-order valence-corrected chi connectivity index (χ1v) is 5.88. The highest BCUT2D eigenvalue weighted by molar-refractivity contribution is 5.85. The molecule has 0 aromatic heterocycles. The smallest absolute Gasteiger partial charge is 0.328 e. The van der Waals surface area contributed by atoms with Crippen LogP contribution in [0.1, 0.15) is 19.4 Å². The molecule has 1 N–H and O–H groups in total. The summed E-state index contributed by atoms with van der Waals surface area (Å²) in [5.74, 6) is 0.227. The Morgan fingerprint density at radius 2 is 2.05 bits per heavy atom. The molecule has 0 aliphatic heterocycles. The van der Waals surface area contributed by atoms with E-state index in [1.807, 2.05) is 19.9 Å². The fourth-order valence-corrected chi connectivity index (χ4v) is 1.38. The number of rotatable bonds is 6. The summed E-state index contributed by atoms with van der Waals surface area (Å²) in [6.45, 7) is 4.43. The number of hydrogen-bond acceptors (Lipinski definition) is 3. The number of ether oxygens (including phenoxy) is 2. The van der Waals surface area contributed by atoms with Crippen molar-refractivity contribution >= 4 is 12.0 Å². The molecule has 0 unspecified atom stereocenters. The third-order valence-corrected chi connectivity index (χ3v) is 2.34. The predicted molar refractivity (Wildman–Crippen MR) is 74.6 cm³/mol. The van der Waals surface area contributed by atoms with E-state index in [4.69, 9.17) is 14.6 Å². The highest BCUT2D eigenvalue weighted by atomic mass is 16.5. The summed E-state index contributed by atoms with van der Waals surface area (Å²) in [5.41, 5.74) is 1.91. The molecule has 1 rings (SSSR count). The van der Waals surface area contributed by atoms with E-state index in [2.05, 4.69) is 0 Å². The molecule has 0 saturated heterocycles. The first-order valence-electron chi connectivity index (χ1n) is 5.88. The fourth-order valence-electron chi connectivity index (χ4n) is 1.38. The number of carboxylic acid groups (broad SMARTS) is 1. The topological polar surface area (TPSA) is 55.8 Å². The van der Waals surface area contributed by atoms with E-state index in [9.17, 15) is 4.79 Å². The van der Waals surface area contributed by atoms with Crippen LogP contribution in [-0.4, -0.2) is 24.8 Å². The molecule has 0 spiro atoms. The lowest BCUT2D eigenvalue weighted by Crippen LogP contribution is -1.97. The minimum absolute atomic E-state index is 0.449. The maximum absolute atomic E-state index is 10.5. The summed E-state index contributed by atoms with van der Waals surface area (Å²) >= 11 is 0. The van der Waals surface area contributed by atoms with E-state index in [1.165, 1.54) is 11.6 Å². The second-order valence-corrected chi connectivity index (χ2v) is 4.17. The van der Waals surface area contributed by atoms with Gasteiger partial charge in [0.05, 0.1) is 7.11 Å². The normalized spacial score (nSPS) is 10.3. The van der Waals surface area contributed by atoms with Crippen molar-refractivity contribution in [2.45, 2.75) is 13.8 Å². The molecule has 1 aromatic carbocycles. The van der Waals surface area contributed by atoms with Crippen molar-refractivity contribution in [2.24, 2.45) is 0 Å². The number of hydrogen-bond donors (Lipinski definition) is 1. The van der Waals surface area contributed by atoms with E-state index >= 15 is 0 Å². The standard InChI is InChI=1S/C15H18O4/c1-11(2)8-9-19-14-10-12(5-7-15(16)17)4-6-13(14)18-3/h4-8,10H,9H2,1-3H3,(H,16,17)/b7-5+. The van der Waals surface area contributed by atoms with Gasteiger partial charge in [0.25, 0.3) is 0 Å². The molecule has 1 aromatic rings. The van der Waals surface area contributed by atoms with Crippen LogP contribution < -0.4 is 9.47 Å². The first-order chi connectivity index (χ1) is 9.02. The van der Waals surface area contributed by atoms with Gasteiger partial charge in [-0.05, 0) is 43.7 Å². The largest absolute Gasteiger partial charge is 0.493 e. The lowest BCUT2D eigenvalue weighted by atomic mass is 10.2. The van der Waals surface area contributed by atoms with Gasteiger partial charge in [0.15, 0.2) is 11.5 Å². The van der Waals surface area contributed by atoms with Crippen LogP contribution in [0.3, 0.4) is 0 Å². The van der Waals surface area contributed by atoms with E-state index in [0.717, 1.165) is 11.6 Å². The van der Waals surface area contributed by atoms with Crippen LogP contribution in [0.25, 0.3) is 6.08 Å². The zero-order valence-electron chi connectivity index (χ0n) is 11.3. The zero-order chi connectivity index (χ0) is 14.3. The fraction of sp³-hybridized carbons (Fsp3) is 0.267. The van der Waals surface area contributed by atoms with Gasteiger partial charge in [0.2, 0.25) is 0 Å². The highest BCUT2D eigenvalue weighted by Crippen LogP contribution is 2.28. The summed E-state index contributed by atoms with van der Waals surface area (Å²) in [5, 5.41) is 8.60. The van der Waals surface area contributed by atoms with Crippen molar-refractivity contribution in [3.05, 3.63) is 41.5 Å². The van der Waals surface area contributed by atoms with Gasteiger partial charge in [-0.25, -0.2) is 4.79 Å². The minimum atomic E-state index is -0.983. The number of carboxylic acids is 1. The Bertz CT molecular complexity index is 497. The molecule has 0 fully saturated rings. The summed E-state index contributed by atoms with van der Waals surface area (Å²) < 4.78 is 10.8. The first kappa shape index (κ1) is 14.8. The Morgan fingerprint density at radius 3 is 2.63 bits per heavy atom. The van der Waals surface area contributed by atoms with Gasteiger partial charge in [-0.1, -0.05) is 11.6 Å². The second-order valence-electron chi connectivity index (χ2n) is 4.17. The lowest BCUT2D eigenvalue weighted by molar-refractivity contribution is -0.131. The van der Waals surface area contributed by atoms with E-state index < -0.39 is 5.97 Å². The van der Waals surface area contributed by atoms with Crippen LogP contribution in [-0.2, 0) is 4.79 Å². The van der Waals surface area contributed by atoms with Crippen molar-refractivity contribution in [1.82, 2.24) is 0 Å². The number of methoxy groups -OCH3 is 1. The second kappa shape index (κ2) is 7.26. The van der Waals surface area contributed by atoms with Gasteiger partial charge < -0.3 is 14.6 Å². The Hall–Kier alpha value is -2.23. The van der Waals surface area contributed by atoms with Crippen LogP contribution in [0.15, 0.2) is 35.9 Å². The van der Waals surface area contributed by atoms with Crippen molar-refractivity contribution in [3.63, 3.8) is 0 Å². The number of aliphatic carboxylic acids is 1. The molecule has 0 aliphatic carbocycles. The summed E-state index contributed by atoms with van der Waals surface area (Å²) in [6, 6.07) is 5.27. The van der Waals surface area contributed by atoms with Gasteiger partial charge in [-0.2, -0.15) is 0 Å². The van der Waals surface area contributed by atoms with Gasteiger partial charge in [-0.3, -0.25) is 0 Å². The van der Waals surface area contributed by atoms with E-state index in [0.29, 0.717) is 18.1 Å². The van der Waals surface area contributed by atoms with Crippen LogP contribution in [0.4, 0.5) is 0 Å². The van der Waals surface area contributed by atoms with Crippen molar-refractivity contribution in [2.75, 3.05) is 13.7 Å². The Balaban J connectivity index is 2.89. The van der Waals surface area contributed by atoms with E-state index in [1.54, 1.807) is 25.3 Å². The maximum atomic E-state index is 10.5. The Morgan fingerprint density at radius 1 is 1.32 bits per heavy atom. The summed E-state index contributed by atoms with van der Waals surface area (Å²) in [6.07, 6.45) is 4.55. The molecule has 0 bridgehead atoms. The van der Waals surface area contributed by atoms with Crippen molar-refractivity contribution < 1.29 is 19.4 Å². The zero-order valence-corrected chi connectivity index (χ0v) is 11.3. The molecular formula is C15H18O4. The molecule has 19 heavy (non-hydrogen) atoms. The van der Waals surface area contributed by atoms with Crippen LogP contribution in [0, 0.1) is 0 Å². The number of allylic oxidation sites excluding steroid dienone is 1. The van der Waals surface area contributed by atoms with Crippen molar-refractivity contribution in [3.8, 4) is 11.5 Å². The molecule has 0 aliphatic rings. The molecule has 4 heteroatoms. The molecule has 4 nitrogen and oxygen atoms in total. The molecule has 0 heterocycles. The summed E-state index contributed by atoms with van der Waals surface area (Å²) in [4.78, 5) is 10.5. The highest BCUT2D eigenvalue weighted by Gasteiger charge is 2.04. The average molecular weight is 262 g/mol. The molecule has 0 saturated carbocycles. The SMILES string of the molecule is COc1ccc(/C=C/C(=O)O)cc1OCC=C(C)C. The molecular weight excluding hydrogens is 244 g/mol. The number of benzene rings is 1. The van der Waals surface area contributed by atoms with Gasteiger partial charge in [0, 0.05) is 6.08 Å². The van der Waals surface area contributed by atoms with Crippen LogP contribution in [0.2, 0.25) is 0 Å². The minimum Gasteiger partial charge on any atom is -0.493 e. The van der Waals surface area contributed by atoms with Crippen LogP contribution in [0.5, 0.6) is 11.5 Å². The average Bonchev–Trinajstić information content (AvgIpc) is 2.36. The number of carbonyl (C=O) groups is 1. The molecule has 0 atom stereocenters. The van der Waals surface area contributed by atoms with Crippen molar-refractivity contribution in [1.29, 1.82) is 0 Å². The van der Waals surface area contributed by atoms with Gasteiger partial charge >= 0.3 is 5.97 Å². The van der Waals surface area contributed by atoms with Gasteiger partial charge in [-0.15, -0.1) is 0 Å². The maximum Gasteiger partial charge on any atom is 0.328 e. The third-order valence-electron chi connectivity index (χ3n) is 2.34.